The van der Waals surface area contributed by atoms with Crippen LogP contribution in [0.15, 0.2) is 36.4 Å². The molecule has 0 radical (unpaired) electrons. The Morgan fingerprint density at radius 2 is 2.00 bits per heavy atom. The Labute approximate surface area is 199 Å². The van der Waals surface area contributed by atoms with Gasteiger partial charge in [0.05, 0.1) is 38.6 Å². The van der Waals surface area contributed by atoms with Crippen molar-refractivity contribution >= 4 is 0 Å². The third-order valence-electron chi connectivity index (χ3n) is 6.34. The largest absolute Gasteiger partial charge is 0.497 e. The van der Waals surface area contributed by atoms with Gasteiger partial charge in [-0.1, -0.05) is 50.0 Å². The highest BCUT2D eigenvalue weighted by Crippen LogP contribution is 2.49. The molecule has 2 fully saturated rings. The van der Waals surface area contributed by atoms with E-state index in [2.05, 4.69) is 18.8 Å². The van der Waals surface area contributed by atoms with Crippen molar-refractivity contribution in [2.75, 3.05) is 13.7 Å². The van der Waals surface area contributed by atoms with Gasteiger partial charge in [-0.2, -0.15) is 0 Å². The van der Waals surface area contributed by atoms with Gasteiger partial charge in [0.2, 0.25) is 0 Å². The lowest BCUT2D eigenvalue weighted by Gasteiger charge is -2.23. The SMILES string of the molecule is CCCCCC#CC/C=C/[C@@H](O)[C@H](OCc1ccc(OC)cc1)[C@@H]1C[C@H]1[C@H]1COC(C)(C)O1. The number of unbranched alkanes of at least 4 members (excludes halogenated alkanes) is 3. The first kappa shape index (κ1) is 25.8. The minimum Gasteiger partial charge on any atom is -0.497 e. The number of aliphatic hydroxyl groups is 1. The van der Waals surface area contributed by atoms with E-state index in [1.807, 2.05) is 50.3 Å². The number of benzene rings is 1. The van der Waals surface area contributed by atoms with Gasteiger partial charge in [0.1, 0.15) is 5.75 Å². The molecule has 1 N–H and O–H groups in total. The van der Waals surface area contributed by atoms with Gasteiger partial charge in [-0.05, 0) is 56.2 Å². The second-order valence-corrected chi connectivity index (χ2v) is 9.49. The predicted molar refractivity (Wildman–Crippen MR) is 130 cm³/mol. The topological polar surface area (TPSA) is 57.2 Å². The molecule has 1 aromatic rings. The average Bonchev–Trinajstić information content (AvgIpc) is 3.51. The van der Waals surface area contributed by atoms with Gasteiger partial charge in [0.25, 0.3) is 0 Å². The van der Waals surface area contributed by atoms with E-state index >= 15 is 0 Å². The fourth-order valence-corrected chi connectivity index (χ4v) is 4.36. The van der Waals surface area contributed by atoms with Crippen molar-refractivity contribution in [3.63, 3.8) is 0 Å². The number of aliphatic hydroxyl groups excluding tert-OH is 1. The molecular weight excluding hydrogens is 416 g/mol. The van der Waals surface area contributed by atoms with Gasteiger partial charge < -0.3 is 24.1 Å². The molecular formula is C28H40O5. The highest BCUT2D eigenvalue weighted by molar-refractivity contribution is 5.26. The second kappa shape index (κ2) is 12.6. The fourth-order valence-electron chi connectivity index (χ4n) is 4.36. The van der Waals surface area contributed by atoms with E-state index in [9.17, 15) is 5.11 Å². The Morgan fingerprint density at radius 3 is 2.67 bits per heavy atom. The maximum Gasteiger partial charge on any atom is 0.163 e. The Balaban J connectivity index is 1.57. The molecule has 1 aliphatic carbocycles. The van der Waals surface area contributed by atoms with Crippen LogP contribution in [0.5, 0.6) is 5.75 Å². The van der Waals surface area contributed by atoms with E-state index < -0.39 is 11.9 Å². The first-order valence-corrected chi connectivity index (χ1v) is 12.3. The van der Waals surface area contributed by atoms with Crippen LogP contribution in [-0.2, 0) is 20.8 Å². The number of allylic oxidation sites excluding steroid dienone is 1. The molecule has 0 aromatic heterocycles. The Morgan fingerprint density at radius 1 is 1.21 bits per heavy atom. The first-order valence-electron chi connectivity index (χ1n) is 12.3. The summed E-state index contributed by atoms with van der Waals surface area (Å²) in [6.45, 7) is 7.13. The molecule has 0 unspecified atom stereocenters. The van der Waals surface area contributed by atoms with Crippen molar-refractivity contribution in [1.29, 1.82) is 0 Å². The zero-order valence-corrected chi connectivity index (χ0v) is 20.6. The van der Waals surface area contributed by atoms with Crippen molar-refractivity contribution in [2.24, 2.45) is 11.8 Å². The lowest BCUT2D eigenvalue weighted by atomic mass is 10.0. The number of methoxy groups -OCH3 is 1. The van der Waals surface area contributed by atoms with Crippen LogP contribution >= 0.6 is 0 Å². The van der Waals surface area contributed by atoms with Crippen LogP contribution in [0.1, 0.15) is 64.9 Å². The molecule has 0 spiro atoms. The van der Waals surface area contributed by atoms with Crippen LogP contribution in [0.2, 0.25) is 0 Å². The van der Waals surface area contributed by atoms with E-state index in [1.165, 1.54) is 12.8 Å². The minimum absolute atomic E-state index is 0.0576. The molecule has 1 heterocycles. The predicted octanol–water partition coefficient (Wildman–Crippen LogP) is 5.26. The van der Waals surface area contributed by atoms with Crippen LogP contribution in [0, 0.1) is 23.7 Å². The normalized spacial score (nSPS) is 25.4. The number of ether oxygens (including phenoxy) is 4. The standard InChI is InChI=1S/C28H40O5/c1-5-6-7-8-9-10-11-12-13-25(29)27(31-19-21-14-16-22(30-4)17-15-21)24-18-23(24)26-20-32-28(2,3)33-26/h12-17,23-27,29H,5-8,11,18-20H2,1-4H3/b13-12+/t23-,24-,25-,26-,27-/m1/s1. The molecule has 33 heavy (non-hydrogen) atoms. The molecule has 182 valence electrons. The molecule has 3 rings (SSSR count). The summed E-state index contributed by atoms with van der Waals surface area (Å²) in [6, 6.07) is 7.84. The summed E-state index contributed by atoms with van der Waals surface area (Å²) in [5.74, 6) is 7.25. The Kier molecular flexibility index (Phi) is 9.82. The lowest BCUT2D eigenvalue weighted by Crippen LogP contribution is -2.32. The molecule has 1 saturated carbocycles. The molecule has 5 heteroatoms. The van der Waals surface area contributed by atoms with Gasteiger partial charge in [-0.3, -0.25) is 0 Å². The first-order chi connectivity index (χ1) is 15.9. The van der Waals surface area contributed by atoms with Crippen molar-refractivity contribution in [3.8, 4) is 17.6 Å². The summed E-state index contributed by atoms with van der Waals surface area (Å²) in [4.78, 5) is 0. The summed E-state index contributed by atoms with van der Waals surface area (Å²) >= 11 is 0. The molecule has 2 aliphatic rings. The zero-order valence-electron chi connectivity index (χ0n) is 20.6. The summed E-state index contributed by atoms with van der Waals surface area (Å²) in [6.07, 6.45) is 9.04. The van der Waals surface area contributed by atoms with Gasteiger partial charge in [0.15, 0.2) is 5.79 Å². The minimum atomic E-state index is -0.685. The summed E-state index contributed by atoms with van der Waals surface area (Å²) < 4.78 is 23.3. The van der Waals surface area contributed by atoms with Crippen molar-refractivity contribution in [1.82, 2.24) is 0 Å². The molecule has 5 nitrogen and oxygen atoms in total. The van der Waals surface area contributed by atoms with E-state index in [-0.39, 0.29) is 18.1 Å². The Bertz CT molecular complexity index is 804. The van der Waals surface area contributed by atoms with E-state index in [1.54, 1.807) is 7.11 Å². The molecule has 0 bridgehead atoms. The molecule has 1 aromatic carbocycles. The quantitative estimate of drug-likeness (QED) is 0.264. The van der Waals surface area contributed by atoms with Gasteiger partial charge in [-0.25, -0.2) is 0 Å². The number of hydrogen-bond donors (Lipinski definition) is 1. The Hall–Kier alpha value is -1.84. The van der Waals surface area contributed by atoms with Gasteiger partial charge in [-0.15, -0.1) is 5.92 Å². The molecule has 5 atom stereocenters. The van der Waals surface area contributed by atoms with Crippen molar-refractivity contribution in [3.05, 3.63) is 42.0 Å². The number of rotatable bonds is 12. The highest BCUT2D eigenvalue weighted by atomic mass is 16.7. The monoisotopic (exact) mass is 456 g/mol. The van der Waals surface area contributed by atoms with Crippen molar-refractivity contribution < 1.29 is 24.1 Å². The summed E-state index contributed by atoms with van der Waals surface area (Å²) in [5, 5.41) is 11.0. The van der Waals surface area contributed by atoms with Gasteiger partial charge in [0, 0.05) is 12.8 Å². The zero-order chi connectivity index (χ0) is 23.7. The van der Waals surface area contributed by atoms with Gasteiger partial charge >= 0.3 is 0 Å². The van der Waals surface area contributed by atoms with Crippen LogP contribution in [0.4, 0.5) is 0 Å². The van der Waals surface area contributed by atoms with Crippen LogP contribution in [0.3, 0.4) is 0 Å². The molecule has 1 saturated heterocycles. The maximum absolute atomic E-state index is 11.0. The highest BCUT2D eigenvalue weighted by Gasteiger charge is 2.53. The lowest BCUT2D eigenvalue weighted by molar-refractivity contribution is -0.142. The number of hydrogen-bond acceptors (Lipinski definition) is 5. The van der Waals surface area contributed by atoms with Crippen LogP contribution in [0.25, 0.3) is 0 Å². The third kappa shape index (κ3) is 8.15. The van der Waals surface area contributed by atoms with E-state index in [0.717, 1.165) is 30.6 Å². The van der Waals surface area contributed by atoms with E-state index in [0.29, 0.717) is 25.6 Å². The van der Waals surface area contributed by atoms with Crippen LogP contribution in [-0.4, -0.2) is 42.9 Å². The molecule has 1 aliphatic heterocycles. The molecule has 0 amide bonds. The van der Waals surface area contributed by atoms with E-state index in [4.69, 9.17) is 18.9 Å². The third-order valence-corrected chi connectivity index (χ3v) is 6.34. The maximum atomic E-state index is 11.0. The smallest absolute Gasteiger partial charge is 0.163 e. The van der Waals surface area contributed by atoms with Crippen molar-refractivity contribution in [2.45, 2.75) is 90.0 Å². The summed E-state index contributed by atoms with van der Waals surface area (Å²) in [5.41, 5.74) is 1.05. The van der Waals surface area contributed by atoms with Crippen LogP contribution < -0.4 is 4.74 Å². The second-order valence-electron chi connectivity index (χ2n) is 9.49. The fraction of sp³-hybridized carbons (Fsp3) is 0.643. The summed E-state index contributed by atoms with van der Waals surface area (Å²) in [7, 11) is 1.66. The average molecular weight is 457 g/mol.